The Labute approximate surface area is 82.3 Å². The molecule has 1 aromatic rings. The first-order valence-electron chi connectivity index (χ1n) is 4.64. The number of rotatable bonds is 3. The molecule has 0 aliphatic heterocycles. The average Bonchev–Trinajstić information content (AvgIpc) is 2.71. The SMILES string of the molecule is CN(Cc1ncc[nH]1)C(=O)C1(N)CC1. The lowest BCUT2D eigenvalue weighted by molar-refractivity contribution is -0.132. The molecular formula is C9H14N4O. The van der Waals surface area contributed by atoms with Crippen LogP contribution in [0.4, 0.5) is 0 Å². The van der Waals surface area contributed by atoms with Gasteiger partial charge in [-0.15, -0.1) is 0 Å². The molecule has 1 fully saturated rings. The summed E-state index contributed by atoms with van der Waals surface area (Å²) in [5.74, 6) is 0.791. The average molecular weight is 194 g/mol. The first-order chi connectivity index (χ1) is 6.62. The van der Waals surface area contributed by atoms with Crippen LogP contribution in [-0.2, 0) is 11.3 Å². The van der Waals surface area contributed by atoms with Crippen LogP contribution >= 0.6 is 0 Å². The summed E-state index contributed by atoms with van der Waals surface area (Å²) in [6, 6.07) is 0. The molecule has 0 aromatic carbocycles. The van der Waals surface area contributed by atoms with E-state index in [1.807, 2.05) is 0 Å². The second-order valence-corrected chi connectivity index (χ2v) is 3.85. The number of nitrogens with one attached hydrogen (secondary N) is 1. The molecule has 1 aromatic heterocycles. The van der Waals surface area contributed by atoms with Crippen molar-refractivity contribution in [2.75, 3.05) is 7.05 Å². The van der Waals surface area contributed by atoms with Gasteiger partial charge in [0.05, 0.1) is 12.1 Å². The van der Waals surface area contributed by atoms with Gasteiger partial charge in [0, 0.05) is 19.4 Å². The van der Waals surface area contributed by atoms with E-state index in [0.29, 0.717) is 6.54 Å². The van der Waals surface area contributed by atoms with Crippen LogP contribution in [0, 0.1) is 0 Å². The zero-order valence-corrected chi connectivity index (χ0v) is 8.16. The Kier molecular flexibility index (Phi) is 2.03. The number of carbonyl (C=O) groups excluding carboxylic acids is 1. The number of nitrogens with two attached hydrogens (primary N) is 1. The van der Waals surface area contributed by atoms with Gasteiger partial charge in [-0.3, -0.25) is 4.79 Å². The fraction of sp³-hybridized carbons (Fsp3) is 0.556. The van der Waals surface area contributed by atoms with Crippen LogP contribution in [-0.4, -0.2) is 33.4 Å². The van der Waals surface area contributed by atoms with Crippen LogP contribution in [0.5, 0.6) is 0 Å². The second kappa shape index (κ2) is 3.09. The summed E-state index contributed by atoms with van der Waals surface area (Å²) in [6.45, 7) is 0.491. The van der Waals surface area contributed by atoms with E-state index in [2.05, 4.69) is 9.97 Å². The number of hydrogen-bond acceptors (Lipinski definition) is 3. The van der Waals surface area contributed by atoms with Gasteiger partial charge in [-0.05, 0) is 12.8 Å². The summed E-state index contributed by atoms with van der Waals surface area (Å²) in [4.78, 5) is 20.3. The van der Waals surface area contributed by atoms with E-state index in [-0.39, 0.29) is 5.91 Å². The van der Waals surface area contributed by atoms with Gasteiger partial charge >= 0.3 is 0 Å². The summed E-state index contributed by atoms with van der Waals surface area (Å²) in [7, 11) is 1.75. The van der Waals surface area contributed by atoms with E-state index in [1.165, 1.54) is 0 Å². The van der Waals surface area contributed by atoms with Crippen molar-refractivity contribution in [1.82, 2.24) is 14.9 Å². The first-order valence-corrected chi connectivity index (χ1v) is 4.64. The van der Waals surface area contributed by atoms with Crippen molar-refractivity contribution >= 4 is 5.91 Å². The molecule has 1 amide bonds. The van der Waals surface area contributed by atoms with Gasteiger partial charge in [-0.1, -0.05) is 0 Å². The molecule has 5 nitrogen and oxygen atoms in total. The lowest BCUT2D eigenvalue weighted by Crippen LogP contribution is -2.43. The minimum atomic E-state index is -0.582. The van der Waals surface area contributed by atoms with E-state index >= 15 is 0 Å². The number of likely N-dealkylation sites (N-methyl/N-ethyl adjacent to an activating group) is 1. The third-order valence-corrected chi connectivity index (χ3v) is 2.50. The molecular weight excluding hydrogens is 180 g/mol. The Bertz CT molecular complexity index is 329. The third kappa shape index (κ3) is 1.63. The Balaban J connectivity index is 1.96. The molecule has 2 rings (SSSR count). The molecule has 3 N–H and O–H groups in total. The molecule has 14 heavy (non-hydrogen) atoms. The van der Waals surface area contributed by atoms with Crippen molar-refractivity contribution in [2.45, 2.75) is 24.9 Å². The number of aromatic amines is 1. The predicted octanol–water partition coefficient (Wildman–Crippen LogP) is -0.141. The fourth-order valence-electron chi connectivity index (χ4n) is 1.41. The maximum Gasteiger partial charge on any atom is 0.242 e. The van der Waals surface area contributed by atoms with E-state index < -0.39 is 5.54 Å². The predicted molar refractivity (Wildman–Crippen MR) is 51.2 cm³/mol. The smallest absolute Gasteiger partial charge is 0.242 e. The Hall–Kier alpha value is -1.36. The van der Waals surface area contributed by atoms with Crippen LogP contribution in [0.2, 0.25) is 0 Å². The van der Waals surface area contributed by atoms with Crippen molar-refractivity contribution in [1.29, 1.82) is 0 Å². The van der Waals surface area contributed by atoms with Gasteiger partial charge in [0.1, 0.15) is 5.82 Å². The van der Waals surface area contributed by atoms with Gasteiger partial charge in [0.25, 0.3) is 0 Å². The normalized spacial score (nSPS) is 17.9. The summed E-state index contributed by atoms with van der Waals surface area (Å²) in [6.07, 6.45) is 5.01. The van der Waals surface area contributed by atoms with Gasteiger partial charge in [0.15, 0.2) is 0 Å². The monoisotopic (exact) mass is 194 g/mol. The minimum Gasteiger partial charge on any atom is -0.347 e. The number of imidazole rings is 1. The summed E-state index contributed by atoms with van der Waals surface area (Å²) >= 11 is 0. The van der Waals surface area contributed by atoms with E-state index in [1.54, 1.807) is 24.3 Å². The number of H-pyrrole nitrogens is 1. The highest BCUT2D eigenvalue weighted by atomic mass is 16.2. The summed E-state index contributed by atoms with van der Waals surface area (Å²) in [5, 5.41) is 0. The maximum absolute atomic E-state index is 11.7. The highest BCUT2D eigenvalue weighted by Gasteiger charge is 2.47. The van der Waals surface area contributed by atoms with Crippen LogP contribution in [0.15, 0.2) is 12.4 Å². The standard InChI is InChI=1S/C9H14N4O/c1-13(6-7-11-4-5-12-7)8(14)9(10)2-3-9/h4-5H,2-3,6,10H2,1H3,(H,11,12). The largest absolute Gasteiger partial charge is 0.347 e. The molecule has 1 heterocycles. The maximum atomic E-state index is 11.7. The molecule has 1 aliphatic rings. The molecule has 1 aliphatic carbocycles. The number of hydrogen-bond donors (Lipinski definition) is 2. The van der Waals surface area contributed by atoms with Gasteiger partial charge in [-0.2, -0.15) is 0 Å². The van der Waals surface area contributed by atoms with Crippen molar-refractivity contribution < 1.29 is 4.79 Å². The topological polar surface area (TPSA) is 75.0 Å². The molecule has 0 spiro atoms. The van der Waals surface area contributed by atoms with Gasteiger partial charge in [-0.25, -0.2) is 4.98 Å². The summed E-state index contributed by atoms with van der Waals surface area (Å²) in [5.41, 5.74) is 5.22. The zero-order valence-electron chi connectivity index (χ0n) is 8.16. The van der Waals surface area contributed by atoms with E-state index in [0.717, 1.165) is 18.7 Å². The van der Waals surface area contributed by atoms with Crippen molar-refractivity contribution in [3.05, 3.63) is 18.2 Å². The van der Waals surface area contributed by atoms with Crippen molar-refractivity contribution in [3.8, 4) is 0 Å². The van der Waals surface area contributed by atoms with Gasteiger partial charge in [0.2, 0.25) is 5.91 Å². The molecule has 0 saturated heterocycles. The zero-order chi connectivity index (χ0) is 10.2. The molecule has 76 valence electrons. The van der Waals surface area contributed by atoms with Crippen LogP contribution in [0.3, 0.4) is 0 Å². The molecule has 0 atom stereocenters. The Morgan fingerprint density at radius 2 is 2.50 bits per heavy atom. The Morgan fingerprint density at radius 3 is 3.00 bits per heavy atom. The third-order valence-electron chi connectivity index (χ3n) is 2.50. The van der Waals surface area contributed by atoms with Crippen molar-refractivity contribution in [3.63, 3.8) is 0 Å². The van der Waals surface area contributed by atoms with E-state index in [9.17, 15) is 4.79 Å². The molecule has 0 bridgehead atoms. The number of carbonyl (C=O) groups is 1. The lowest BCUT2D eigenvalue weighted by atomic mass is 10.2. The van der Waals surface area contributed by atoms with Gasteiger partial charge < -0.3 is 15.6 Å². The quantitative estimate of drug-likeness (QED) is 0.703. The number of aromatic nitrogens is 2. The molecule has 5 heteroatoms. The Morgan fingerprint density at radius 1 is 1.79 bits per heavy atom. The van der Waals surface area contributed by atoms with Crippen LogP contribution in [0.1, 0.15) is 18.7 Å². The lowest BCUT2D eigenvalue weighted by Gasteiger charge is -2.19. The van der Waals surface area contributed by atoms with E-state index in [4.69, 9.17) is 5.73 Å². The molecule has 1 saturated carbocycles. The second-order valence-electron chi connectivity index (χ2n) is 3.85. The first kappa shape index (κ1) is 9.21. The molecule has 0 radical (unpaired) electrons. The number of amides is 1. The van der Waals surface area contributed by atoms with Crippen molar-refractivity contribution in [2.24, 2.45) is 5.73 Å². The minimum absolute atomic E-state index is 0.00824. The summed E-state index contributed by atoms with van der Waals surface area (Å²) < 4.78 is 0. The number of nitrogens with zero attached hydrogens (tertiary/aromatic N) is 2. The molecule has 0 unspecified atom stereocenters. The highest BCUT2D eigenvalue weighted by molar-refractivity contribution is 5.88. The fourth-order valence-corrected chi connectivity index (χ4v) is 1.41. The van der Waals surface area contributed by atoms with Crippen LogP contribution in [0.25, 0.3) is 0 Å². The van der Waals surface area contributed by atoms with Crippen LogP contribution < -0.4 is 5.73 Å². The highest BCUT2D eigenvalue weighted by Crippen LogP contribution is 2.33.